The van der Waals surface area contributed by atoms with Crippen molar-refractivity contribution in [3.05, 3.63) is 48.5 Å². The Labute approximate surface area is 222 Å². The summed E-state index contributed by atoms with van der Waals surface area (Å²) in [6.45, 7) is -0.115. The van der Waals surface area contributed by atoms with Gasteiger partial charge in [0, 0.05) is 46.5 Å². The minimum Gasteiger partial charge on any atom is -0.457 e. The maximum Gasteiger partial charge on any atom is 0.265 e. The molecule has 2 aromatic carbocycles. The number of hydroxylamine groups is 1. The molecule has 208 valence electrons. The quantitative estimate of drug-likeness (QED) is 0.318. The molecule has 3 rings (SSSR count). The highest BCUT2D eigenvalue weighted by Crippen LogP contribution is 2.35. The molecule has 1 aliphatic rings. The van der Waals surface area contributed by atoms with Crippen molar-refractivity contribution in [2.45, 2.75) is 34.6 Å². The third-order valence-electron chi connectivity index (χ3n) is 6.25. The lowest BCUT2D eigenvalue weighted by Gasteiger charge is -2.43. The highest BCUT2D eigenvalue weighted by Gasteiger charge is 2.50. The van der Waals surface area contributed by atoms with E-state index >= 15 is 0 Å². The highest BCUT2D eigenvalue weighted by molar-refractivity contribution is 7.90. The Balaban J connectivity index is 1.92. The zero-order valence-electron chi connectivity index (χ0n) is 21.3. The Morgan fingerprint density at radius 1 is 0.947 bits per heavy atom. The SMILES string of the molecule is CN(C)C(=O)CCN(C1(C(=O)NO)CCOCC1)S(=O)(=O)c1ccc(Oc2ccc(S(C)(=O)=O)cc2)cc1. The molecule has 14 heteroatoms. The van der Waals surface area contributed by atoms with Gasteiger partial charge in [-0.05, 0) is 61.4 Å². The Morgan fingerprint density at radius 3 is 1.89 bits per heavy atom. The van der Waals surface area contributed by atoms with Crippen LogP contribution in [0.3, 0.4) is 0 Å². The molecule has 1 aliphatic heterocycles. The fourth-order valence-electron chi connectivity index (χ4n) is 4.09. The van der Waals surface area contributed by atoms with Crippen LogP contribution in [-0.4, -0.2) is 88.7 Å². The van der Waals surface area contributed by atoms with Crippen LogP contribution < -0.4 is 10.2 Å². The summed E-state index contributed by atoms with van der Waals surface area (Å²) in [5, 5.41) is 9.45. The molecule has 38 heavy (non-hydrogen) atoms. The molecular formula is C24H31N3O9S2. The first-order valence-corrected chi connectivity index (χ1v) is 15.0. The van der Waals surface area contributed by atoms with Crippen molar-refractivity contribution in [1.29, 1.82) is 0 Å². The Bertz CT molecular complexity index is 1350. The van der Waals surface area contributed by atoms with Gasteiger partial charge in [-0.15, -0.1) is 0 Å². The first-order valence-electron chi connectivity index (χ1n) is 11.6. The molecule has 2 aromatic rings. The van der Waals surface area contributed by atoms with E-state index in [0.29, 0.717) is 11.5 Å². The predicted molar refractivity (Wildman–Crippen MR) is 136 cm³/mol. The summed E-state index contributed by atoms with van der Waals surface area (Å²) in [6.07, 6.45) is 0.882. The molecule has 0 aromatic heterocycles. The van der Waals surface area contributed by atoms with Crippen LogP contribution in [0.2, 0.25) is 0 Å². The maximum absolute atomic E-state index is 13.8. The topological polar surface area (TPSA) is 160 Å². The molecule has 1 saturated heterocycles. The van der Waals surface area contributed by atoms with Gasteiger partial charge in [-0.2, -0.15) is 4.31 Å². The first kappa shape index (κ1) is 29.5. The molecule has 1 heterocycles. The average molecular weight is 570 g/mol. The van der Waals surface area contributed by atoms with E-state index in [-0.39, 0.29) is 54.7 Å². The summed E-state index contributed by atoms with van der Waals surface area (Å²) in [6, 6.07) is 11.2. The number of ether oxygens (including phenoxy) is 2. The zero-order valence-corrected chi connectivity index (χ0v) is 22.9. The van der Waals surface area contributed by atoms with Crippen LogP contribution in [0.15, 0.2) is 58.3 Å². The van der Waals surface area contributed by atoms with Gasteiger partial charge in [-0.3, -0.25) is 14.8 Å². The van der Waals surface area contributed by atoms with Gasteiger partial charge in [0.1, 0.15) is 17.0 Å². The van der Waals surface area contributed by atoms with E-state index in [4.69, 9.17) is 9.47 Å². The number of nitrogens with one attached hydrogen (secondary N) is 1. The molecule has 0 spiro atoms. The van der Waals surface area contributed by atoms with E-state index in [1.807, 2.05) is 0 Å². The number of sulfonamides is 1. The lowest BCUT2D eigenvalue weighted by Crippen LogP contribution is -2.63. The van der Waals surface area contributed by atoms with Crippen LogP contribution in [0.1, 0.15) is 19.3 Å². The van der Waals surface area contributed by atoms with Gasteiger partial charge in [0.05, 0.1) is 9.79 Å². The molecule has 2 N–H and O–H groups in total. The summed E-state index contributed by atoms with van der Waals surface area (Å²) in [5.41, 5.74) is -0.0718. The van der Waals surface area contributed by atoms with Gasteiger partial charge >= 0.3 is 0 Å². The van der Waals surface area contributed by atoms with Crippen LogP contribution >= 0.6 is 0 Å². The standard InChI is InChI=1S/C24H31N3O9S2/c1-26(2)22(28)12-15-27(24(23(29)25-30)13-16-35-17-14-24)38(33,34)21-10-6-19(7-11-21)36-18-4-8-20(9-5-18)37(3,31)32/h4-11,30H,12-17H2,1-3H3,(H,25,29). The number of amides is 2. The largest absolute Gasteiger partial charge is 0.457 e. The molecule has 0 aliphatic carbocycles. The minimum absolute atomic E-state index is 0.0144. The van der Waals surface area contributed by atoms with E-state index in [1.54, 1.807) is 19.6 Å². The van der Waals surface area contributed by atoms with Crippen molar-refractivity contribution in [2.24, 2.45) is 0 Å². The van der Waals surface area contributed by atoms with Crippen molar-refractivity contribution in [2.75, 3.05) is 40.1 Å². The first-order chi connectivity index (χ1) is 17.8. The third-order valence-corrected chi connectivity index (χ3v) is 9.36. The number of hydrogen-bond donors (Lipinski definition) is 2. The zero-order chi connectivity index (χ0) is 28.1. The fraction of sp³-hybridized carbons (Fsp3) is 0.417. The van der Waals surface area contributed by atoms with Gasteiger partial charge in [-0.25, -0.2) is 22.3 Å². The summed E-state index contributed by atoms with van der Waals surface area (Å²) >= 11 is 0. The molecule has 0 bridgehead atoms. The lowest BCUT2D eigenvalue weighted by molar-refractivity contribution is -0.145. The number of hydrogen-bond acceptors (Lipinski definition) is 9. The van der Waals surface area contributed by atoms with E-state index in [9.17, 15) is 31.6 Å². The van der Waals surface area contributed by atoms with Crippen molar-refractivity contribution < 1.29 is 41.1 Å². The van der Waals surface area contributed by atoms with Crippen LogP contribution in [0.5, 0.6) is 11.5 Å². The summed E-state index contributed by atoms with van der Waals surface area (Å²) in [4.78, 5) is 26.5. The average Bonchev–Trinajstić information content (AvgIpc) is 2.88. The Kier molecular flexibility index (Phi) is 9.15. The number of rotatable bonds is 10. The number of carbonyl (C=O) groups is 2. The minimum atomic E-state index is -4.33. The monoisotopic (exact) mass is 569 g/mol. The molecule has 0 saturated carbocycles. The van der Waals surface area contributed by atoms with Crippen LogP contribution in [0, 0.1) is 0 Å². The summed E-state index contributed by atoms with van der Waals surface area (Å²) in [5.74, 6) is -0.599. The van der Waals surface area contributed by atoms with Crippen molar-refractivity contribution in [3.63, 3.8) is 0 Å². The number of nitrogens with zero attached hydrogens (tertiary/aromatic N) is 2. The van der Waals surface area contributed by atoms with Crippen molar-refractivity contribution >= 4 is 31.7 Å². The van der Waals surface area contributed by atoms with E-state index in [1.165, 1.54) is 53.4 Å². The second-order valence-electron chi connectivity index (χ2n) is 9.02. The van der Waals surface area contributed by atoms with Crippen LogP contribution in [0.25, 0.3) is 0 Å². The smallest absolute Gasteiger partial charge is 0.265 e. The number of benzene rings is 2. The molecule has 0 radical (unpaired) electrons. The van der Waals surface area contributed by atoms with Crippen molar-refractivity contribution in [3.8, 4) is 11.5 Å². The van der Waals surface area contributed by atoms with Crippen molar-refractivity contribution in [1.82, 2.24) is 14.7 Å². The van der Waals surface area contributed by atoms with E-state index < -0.39 is 31.3 Å². The lowest BCUT2D eigenvalue weighted by atomic mass is 9.89. The summed E-state index contributed by atoms with van der Waals surface area (Å²) in [7, 11) is -4.62. The van der Waals surface area contributed by atoms with E-state index in [0.717, 1.165) is 10.6 Å². The van der Waals surface area contributed by atoms with Gasteiger partial charge in [0.25, 0.3) is 5.91 Å². The fourth-order valence-corrected chi connectivity index (χ4v) is 6.51. The number of carbonyl (C=O) groups excluding carboxylic acids is 2. The molecule has 0 unspecified atom stereocenters. The molecule has 0 atom stereocenters. The van der Waals surface area contributed by atoms with Gasteiger partial charge in [-0.1, -0.05) is 0 Å². The maximum atomic E-state index is 13.8. The molecular weight excluding hydrogens is 538 g/mol. The third kappa shape index (κ3) is 6.50. The van der Waals surface area contributed by atoms with Gasteiger partial charge < -0.3 is 14.4 Å². The Morgan fingerprint density at radius 2 is 1.45 bits per heavy atom. The van der Waals surface area contributed by atoms with E-state index in [2.05, 4.69) is 0 Å². The highest BCUT2D eigenvalue weighted by atomic mass is 32.2. The Hall–Kier alpha value is -3.04. The predicted octanol–water partition coefficient (Wildman–Crippen LogP) is 1.41. The molecule has 1 fully saturated rings. The number of sulfone groups is 1. The van der Waals surface area contributed by atoms with Gasteiger partial charge in [0.15, 0.2) is 9.84 Å². The van der Waals surface area contributed by atoms with Crippen LogP contribution in [0.4, 0.5) is 0 Å². The second kappa shape index (κ2) is 11.8. The molecule has 12 nitrogen and oxygen atoms in total. The normalized spacial score (nSPS) is 15.6. The summed E-state index contributed by atoms with van der Waals surface area (Å²) < 4.78 is 63.0. The molecule has 2 amide bonds. The van der Waals surface area contributed by atoms with Gasteiger partial charge in [0.2, 0.25) is 15.9 Å². The van der Waals surface area contributed by atoms with Crippen LogP contribution in [-0.2, 0) is 34.2 Å². The second-order valence-corrected chi connectivity index (χ2v) is 12.9.